The fourth-order valence-corrected chi connectivity index (χ4v) is 7.57. The molecule has 1 aromatic carbocycles. The first-order valence-electron chi connectivity index (χ1n) is 12.8. The molecule has 2 aromatic rings. The van der Waals surface area contributed by atoms with Gasteiger partial charge in [0.2, 0.25) is 11.8 Å². The number of likely N-dealkylation sites (tertiary alicyclic amines) is 1. The van der Waals surface area contributed by atoms with Crippen LogP contribution in [0.15, 0.2) is 45.9 Å². The molecule has 1 unspecified atom stereocenters. The number of ether oxygens (including phenoxy) is 1. The van der Waals surface area contributed by atoms with Crippen LogP contribution in [0.3, 0.4) is 0 Å². The molecule has 0 spiro atoms. The first kappa shape index (κ1) is 30.5. The molecule has 42 heavy (non-hydrogen) atoms. The van der Waals surface area contributed by atoms with Gasteiger partial charge in [0.05, 0.1) is 26.9 Å². The number of aromatic nitrogens is 1. The monoisotopic (exact) mass is 689 g/mol. The lowest BCUT2D eigenvalue weighted by molar-refractivity contribution is -0.153. The second kappa shape index (κ2) is 11.0. The molecule has 3 fully saturated rings. The Balaban J connectivity index is 1.45. The van der Waals surface area contributed by atoms with E-state index in [0.717, 1.165) is 18.2 Å². The number of benzene rings is 1. The fourth-order valence-electron chi connectivity index (χ4n) is 5.10. The normalized spacial score (nSPS) is 22.5. The van der Waals surface area contributed by atoms with E-state index in [1.165, 1.54) is 11.1 Å². The van der Waals surface area contributed by atoms with Crippen LogP contribution in [-0.4, -0.2) is 79.4 Å². The summed E-state index contributed by atoms with van der Waals surface area (Å²) in [4.78, 5) is 32.8. The van der Waals surface area contributed by atoms with Gasteiger partial charge in [0.15, 0.2) is 16.4 Å². The van der Waals surface area contributed by atoms with Gasteiger partial charge in [-0.1, -0.05) is 11.6 Å². The molecular weight excluding hydrogens is 667 g/mol. The van der Waals surface area contributed by atoms with Gasteiger partial charge in [0.25, 0.3) is 0 Å². The van der Waals surface area contributed by atoms with Gasteiger partial charge in [-0.2, -0.15) is 18.4 Å². The van der Waals surface area contributed by atoms with Crippen LogP contribution in [0.4, 0.5) is 13.2 Å². The summed E-state index contributed by atoms with van der Waals surface area (Å²) in [7, 11) is -4.29. The van der Waals surface area contributed by atoms with Gasteiger partial charge < -0.3 is 20.3 Å². The number of halogens is 5. The van der Waals surface area contributed by atoms with Gasteiger partial charge in [0, 0.05) is 36.4 Å². The lowest BCUT2D eigenvalue weighted by Crippen LogP contribution is -2.67. The molecule has 3 aliphatic rings. The first-order chi connectivity index (χ1) is 19.7. The van der Waals surface area contributed by atoms with E-state index in [2.05, 4.69) is 42.4 Å². The summed E-state index contributed by atoms with van der Waals surface area (Å²) in [5, 5.41) is 13.6. The van der Waals surface area contributed by atoms with Crippen molar-refractivity contribution in [2.24, 2.45) is 0 Å². The van der Waals surface area contributed by atoms with Crippen molar-refractivity contribution >= 4 is 49.2 Å². The third-order valence-electron chi connectivity index (χ3n) is 7.68. The highest BCUT2D eigenvalue weighted by Crippen LogP contribution is 2.39. The van der Waals surface area contributed by atoms with Gasteiger partial charge in [-0.25, -0.2) is 8.42 Å². The van der Waals surface area contributed by atoms with Crippen molar-refractivity contribution < 1.29 is 35.9 Å². The van der Waals surface area contributed by atoms with Crippen molar-refractivity contribution in [2.75, 3.05) is 26.2 Å². The van der Waals surface area contributed by atoms with E-state index >= 15 is 0 Å². The van der Waals surface area contributed by atoms with Crippen LogP contribution in [0.2, 0.25) is 5.02 Å². The molecule has 1 aromatic heterocycles. The van der Waals surface area contributed by atoms with E-state index in [1.54, 1.807) is 12.1 Å². The van der Waals surface area contributed by atoms with Crippen molar-refractivity contribution in [1.29, 1.82) is 5.26 Å². The molecule has 1 aliphatic carbocycles. The second-order valence-electron chi connectivity index (χ2n) is 10.6. The highest BCUT2D eigenvalue weighted by molar-refractivity contribution is 9.10. The van der Waals surface area contributed by atoms with E-state index in [4.69, 9.17) is 11.6 Å². The Kier molecular flexibility index (Phi) is 7.97. The number of alkyl halides is 3. The minimum Gasteiger partial charge on any atom is -0.484 e. The number of sulfone groups is 1. The van der Waals surface area contributed by atoms with Gasteiger partial charge in [-0.05, 0) is 59.5 Å². The molecule has 3 heterocycles. The molecule has 0 bridgehead atoms. The lowest BCUT2D eigenvalue weighted by Gasteiger charge is -2.43. The Morgan fingerprint density at radius 2 is 1.98 bits per heavy atom. The van der Waals surface area contributed by atoms with Gasteiger partial charge in [-0.3, -0.25) is 14.6 Å². The maximum Gasteiger partial charge on any atom is 0.422 e. The topological polar surface area (TPSA) is 141 Å². The van der Waals surface area contributed by atoms with Gasteiger partial charge >= 0.3 is 6.18 Å². The number of amides is 2. The van der Waals surface area contributed by atoms with E-state index in [1.807, 2.05) is 0 Å². The number of nitrogens with one attached hydrogen (secondary N) is 2. The second-order valence-corrected chi connectivity index (χ2v) is 14.1. The molecule has 1 saturated carbocycles. The number of nitriles is 1. The zero-order chi connectivity index (χ0) is 30.5. The van der Waals surface area contributed by atoms with E-state index in [-0.39, 0.29) is 41.7 Å². The molecule has 2 atom stereocenters. The highest BCUT2D eigenvalue weighted by Gasteiger charge is 2.56. The number of hydrogen-bond donors (Lipinski definition) is 2. The van der Waals surface area contributed by atoms with E-state index < -0.39 is 56.7 Å². The van der Waals surface area contributed by atoms with Crippen LogP contribution >= 0.6 is 27.5 Å². The van der Waals surface area contributed by atoms with Crippen molar-refractivity contribution in [3.8, 4) is 11.8 Å². The number of carbonyl (C=O) groups is 2. The SMILES string of the molecule is N#CC1(NC(=O)[C@@H]2CC(S(=O)(=O)c3ccc(OCC(F)(F)F)cc3Cl)CN2C(=O)C2(c3ccc(Br)cn3)CNC2)CC1. The zero-order valence-electron chi connectivity index (χ0n) is 21.7. The molecule has 16 heteroatoms. The molecule has 10 nitrogen and oxygen atoms in total. The Morgan fingerprint density at radius 3 is 2.50 bits per heavy atom. The summed E-state index contributed by atoms with van der Waals surface area (Å²) in [6.45, 7) is -1.49. The third-order valence-corrected chi connectivity index (χ3v) is 10.8. The van der Waals surface area contributed by atoms with Crippen LogP contribution in [0.25, 0.3) is 0 Å². The molecule has 2 N–H and O–H groups in total. The number of hydrogen-bond acceptors (Lipinski definition) is 8. The average Bonchev–Trinajstić information content (AvgIpc) is 3.52. The molecule has 224 valence electrons. The maximum absolute atomic E-state index is 14.1. The van der Waals surface area contributed by atoms with Crippen molar-refractivity contribution in [2.45, 2.75) is 52.6 Å². The third kappa shape index (κ3) is 5.82. The Labute approximate surface area is 252 Å². The number of rotatable bonds is 8. The van der Waals surface area contributed by atoms with Crippen LogP contribution in [0.1, 0.15) is 25.0 Å². The zero-order valence-corrected chi connectivity index (χ0v) is 24.9. The van der Waals surface area contributed by atoms with Gasteiger partial charge in [0.1, 0.15) is 22.7 Å². The van der Waals surface area contributed by atoms with E-state index in [9.17, 15) is 36.4 Å². The standard InChI is InChI=1S/C26H24BrClF3N5O5S/c27-15-1-4-21(34-9-15)25(12-33-13-25)23(38)36-10-17(8-19(36)22(37)35-24(11-32)5-6-24)42(39,40)20-3-2-16(7-18(20)28)41-14-26(29,30)31/h1-4,7,9,17,19,33H,5-6,8,10,12-14H2,(H,35,37)/t17?,19-/m0/s1. The van der Waals surface area contributed by atoms with Crippen molar-refractivity contribution in [3.63, 3.8) is 0 Å². The smallest absolute Gasteiger partial charge is 0.422 e. The van der Waals surface area contributed by atoms with Crippen LogP contribution in [-0.2, 0) is 24.8 Å². The van der Waals surface area contributed by atoms with Crippen LogP contribution < -0.4 is 15.4 Å². The minimum absolute atomic E-state index is 0.218. The molecular formula is C26H24BrClF3N5O5S. The number of nitrogens with zero attached hydrogens (tertiary/aromatic N) is 3. The summed E-state index contributed by atoms with van der Waals surface area (Å²) >= 11 is 9.51. The predicted octanol–water partition coefficient (Wildman–Crippen LogP) is 2.90. The molecule has 2 saturated heterocycles. The molecule has 2 aliphatic heterocycles. The average molecular weight is 691 g/mol. The fraction of sp³-hybridized carbons (Fsp3) is 0.462. The van der Waals surface area contributed by atoms with Crippen LogP contribution in [0.5, 0.6) is 5.75 Å². The molecule has 0 radical (unpaired) electrons. The van der Waals surface area contributed by atoms with E-state index in [0.29, 0.717) is 23.0 Å². The Bertz CT molecular complexity index is 1560. The Hall–Kier alpha value is -2.93. The molecule has 2 amide bonds. The highest BCUT2D eigenvalue weighted by atomic mass is 79.9. The van der Waals surface area contributed by atoms with Crippen LogP contribution in [0, 0.1) is 11.3 Å². The summed E-state index contributed by atoms with van der Waals surface area (Å²) < 4.78 is 70.5. The Morgan fingerprint density at radius 1 is 1.26 bits per heavy atom. The number of carbonyl (C=O) groups excluding carboxylic acids is 2. The number of pyridine rings is 1. The summed E-state index contributed by atoms with van der Waals surface area (Å²) in [6, 6.07) is 7.33. The predicted molar refractivity (Wildman–Crippen MR) is 146 cm³/mol. The molecule has 5 rings (SSSR count). The van der Waals surface area contributed by atoms with Crippen molar-refractivity contribution in [1.82, 2.24) is 20.5 Å². The summed E-state index contributed by atoms with van der Waals surface area (Å²) in [5.74, 6) is -1.41. The summed E-state index contributed by atoms with van der Waals surface area (Å²) in [6.07, 6.45) is -2.46. The summed E-state index contributed by atoms with van der Waals surface area (Å²) in [5.41, 5.74) is -1.74. The lowest BCUT2D eigenvalue weighted by atomic mass is 9.76. The largest absolute Gasteiger partial charge is 0.484 e. The van der Waals surface area contributed by atoms with Crippen molar-refractivity contribution in [3.05, 3.63) is 51.7 Å². The quantitative estimate of drug-likeness (QED) is 0.431. The van der Waals surface area contributed by atoms with Gasteiger partial charge in [-0.15, -0.1) is 0 Å². The maximum atomic E-state index is 14.1. The minimum atomic E-state index is -4.60. The first-order valence-corrected chi connectivity index (χ1v) is 15.5.